The van der Waals surface area contributed by atoms with Crippen LogP contribution in [-0.2, 0) is 19.1 Å². The normalized spacial score (nSPS) is 10.6. The van der Waals surface area contributed by atoms with Crippen molar-refractivity contribution in [2.75, 3.05) is 0 Å². The Kier molecular flexibility index (Phi) is 23.1. The van der Waals surface area contributed by atoms with Crippen LogP contribution >= 0.6 is 13.5 Å². The van der Waals surface area contributed by atoms with Crippen LogP contribution in [0.5, 0.6) is 0 Å². The number of aldehydes is 1. The Morgan fingerprint density at radius 2 is 1.63 bits per heavy atom. The molecule has 0 saturated heterocycles. The molecule has 0 spiro atoms. The van der Waals surface area contributed by atoms with Crippen LogP contribution in [0.2, 0.25) is 0 Å². The molecule has 0 aliphatic heterocycles. The molecule has 19 heavy (non-hydrogen) atoms. The molecule has 0 amide bonds. The van der Waals surface area contributed by atoms with Gasteiger partial charge in [-0.05, 0) is 6.42 Å². The van der Waals surface area contributed by atoms with Gasteiger partial charge in [0.1, 0.15) is 0 Å². The molecule has 0 fully saturated rings. The van der Waals surface area contributed by atoms with Crippen LogP contribution in [0.25, 0.3) is 0 Å². The van der Waals surface area contributed by atoms with E-state index in [2.05, 4.69) is 11.7 Å². The number of carbonyl (C=O) groups is 3. The van der Waals surface area contributed by atoms with Crippen molar-refractivity contribution in [1.82, 2.24) is 0 Å². The van der Waals surface area contributed by atoms with Crippen molar-refractivity contribution in [3.05, 3.63) is 0 Å². The molecule has 6 heteroatoms. The minimum absolute atomic E-state index is 0. The average Bonchev–Trinajstić information content (AvgIpc) is 2.34. The predicted octanol–water partition coefficient (Wildman–Crippen LogP) is -0.334. The second-order valence-corrected chi connectivity index (χ2v) is 4.13. The van der Waals surface area contributed by atoms with E-state index in [9.17, 15) is 14.4 Å². The molecule has 0 saturated carbocycles. The molecular formula is C13H25NaO4S. The number of ketones is 1. The van der Waals surface area contributed by atoms with E-state index in [0.29, 0.717) is 12.7 Å². The third kappa shape index (κ3) is 14.4. The molecule has 4 nitrogen and oxygen atoms in total. The van der Waals surface area contributed by atoms with Crippen LogP contribution < -0.4 is 29.6 Å². The molecule has 1 atom stereocenters. The number of rotatable bonds is 12. The topological polar surface area (TPSA) is 60.4 Å². The number of hydrogen-bond acceptors (Lipinski definition) is 4. The maximum atomic E-state index is 11.4. The molecule has 0 heterocycles. The van der Waals surface area contributed by atoms with Crippen LogP contribution in [0.15, 0.2) is 0 Å². The first-order valence-electron chi connectivity index (χ1n) is 6.33. The van der Waals surface area contributed by atoms with Crippen LogP contribution in [0.3, 0.4) is 0 Å². The van der Waals surface area contributed by atoms with Crippen LogP contribution in [0, 0.1) is 0 Å². The van der Waals surface area contributed by atoms with E-state index in [1.807, 2.05) is 0 Å². The molecule has 0 aliphatic rings. The summed E-state index contributed by atoms with van der Waals surface area (Å²) in [5.74, 6) is -0.305. The molecule has 1 unspecified atom stereocenters. The molecule has 0 rings (SSSR count). The summed E-state index contributed by atoms with van der Waals surface area (Å²) in [6.07, 6.45) is 7.28. The van der Waals surface area contributed by atoms with Gasteiger partial charge in [0.15, 0.2) is 12.1 Å². The smallest absolute Gasteiger partial charge is 1.00 e. The standard InChI is InChI=1S/C13H22O4.Na.H2S.H/c1-2-3-4-5-6-7-8-9-12(16)13(10-14)17-11-15;;;/h10-11,13H,2-9H2,1H3;;1H2;/q;+1;;-1. The summed E-state index contributed by atoms with van der Waals surface area (Å²) in [7, 11) is 0. The average molecular weight is 300 g/mol. The van der Waals surface area contributed by atoms with Gasteiger partial charge in [-0.2, -0.15) is 13.5 Å². The second kappa shape index (κ2) is 18.2. The van der Waals surface area contributed by atoms with E-state index in [0.717, 1.165) is 19.3 Å². The van der Waals surface area contributed by atoms with E-state index < -0.39 is 6.10 Å². The molecule has 0 aliphatic carbocycles. The predicted molar refractivity (Wildman–Crippen MR) is 76.1 cm³/mol. The number of unbranched alkanes of at least 4 members (excludes halogenated alkanes) is 6. The Labute approximate surface area is 146 Å². The Bertz CT molecular complexity index is 242. The maximum Gasteiger partial charge on any atom is 1.00 e. The van der Waals surface area contributed by atoms with Crippen molar-refractivity contribution in [1.29, 1.82) is 0 Å². The van der Waals surface area contributed by atoms with E-state index in [1.165, 1.54) is 25.7 Å². The van der Waals surface area contributed by atoms with Gasteiger partial charge in [-0.3, -0.25) is 14.4 Å². The first-order valence-corrected chi connectivity index (χ1v) is 6.33. The molecule has 0 radical (unpaired) electrons. The second-order valence-electron chi connectivity index (χ2n) is 4.13. The van der Waals surface area contributed by atoms with Crippen molar-refractivity contribution in [2.24, 2.45) is 0 Å². The summed E-state index contributed by atoms with van der Waals surface area (Å²) >= 11 is 0. The Morgan fingerprint density at radius 3 is 2.11 bits per heavy atom. The van der Waals surface area contributed by atoms with E-state index >= 15 is 0 Å². The zero-order valence-electron chi connectivity index (χ0n) is 13.0. The van der Waals surface area contributed by atoms with Crippen molar-refractivity contribution in [3.63, 3.8) is 0 Å². The van der Waals surface area contributed by atoms with E-state index in [4.69, 9.17) is 0 Å². The van der Waals surface area contributed by atoms with Gasteiger partial charge < -0.3 is 6.16 Å². The number of hydrogen-bond donors (Lipinski definition) is 0. The third-order valence-electron chi connectivity index (χ3n) is 2.67. The third-order valence-corrected chi connectivity index (χ3v) is 2.67. The first-order chi connectivity index (χ1) is 8.26. The largest absolute Gasteiger partial charge is 1.00 e. The Balaban J connectivity index is -0.000000427. The fourth-order valence-corrected chi connectivity index (χ4v) is 1.64. The monoisotopic (exact) mass is 300 g/mol. The fraction of sp³-hybridized carbons (Fsp3) is 0.769. The SMILES string of the molecule is CCCCCCCCCC(=O)C(C=O)OC=O.S.[H-].[Na+]. The molecule has 0 aromatic carbocycles. The minimum Gasteiger partial charge on any atom is -1.00 e. The number of ether oxygens (including phenoxy) is 1. The van der Waals surface area contributed by atoms with Crippen molar-refractivity contribution >= 4 is 32.0 Å². The van der Waals surface area contributed by atoms with Gasteiger partial charge in [-0.25, -0.2) is 0 Å². The van der Waals surface area contributed by atoms with Gasteiger partial charge in [0.05, 0.1) is 0 Å². The minimum atomic E-state index is -1.20. The number of Topliss-reactive ketones (excluding diaryl/α,β-unsaturated/α-hetero) is 1. The van der Waals surface area contributed by atoms with Gasteiger partial charge in [-0.1, -0.05) is 45.4 Å². The summed E-state index contributed by atoms with van der Waals surface area (Å²) in [6, 6.07) is 0. The van der Waals surface area contributed by atoms with Crippen LogP contribution in [-0.4, -0.2) is 24.6 Å². The molecule has 0 bridgehead atoms. The molecular weight excluding hydrogens is 275 g/mol. The quantitative estimate of drug-likeness (QED) is 0.214. The Hall–Kier alpha value is 0.160. The maximum absolute atomic E-state index is 11.4. The van der Waals surface area contributed by atoms with E-state index in [-0.39, 0.29) is 56.7 Å². The van der Waals surface area contributed by atoms with Gasteiger partial charge >= 0.3 is 29.6 Å². The van der Waals surface area contributed by atoms with Crippen molar-refractivity contribution < 1.29 is 50.1 Å². The summed E-state index contributed by atoms with van der Waals surface area (Å²) < 4.78 is 4.36. The summed E-state index contributed by atoms with van der Waals surface area (Å²) in [5, 5.41) is 0. The Morgan fingerprint density at radius 1 is 1.11 bits per heavy atom. The van der Waals surface area contributed by atoms with Gasteiger partial charge in [0, 0.05) is 6.42 Å². The first kappa shape index (κ1) is 24.2. The van der Waals surface area contributed by atoms with Gasteiger partial charge in [0.2, 0.25) is 6.10 Å². The van der Waals surface area contributed by atoms with Crippen molar-refractivity contribution in [2.45, 2.75) is 64.4 Å². The molecule has 0 aromatic heterocycles. The zero-order valence-corrected chi connectivity index (χ0v) is 15.0. The molecule has 108 valence electrons. The molecule has 0 aromatic rings. The molecule has 0 N–H and O–H groups in total. The van der Waals surface area contributed by atoms with Crippen LogP contribution in [0.1, 0.15) is 59.7 Å². The summed E-state index contributed by atoms with van der Waals surface area (Å²) in [4.78, 5) is 31.8. The van der Waals surface area contributed by atoms with Gasteiger partial charge in [-0.15, -0.1) is 0 Å². The fourth-order valence-electron chi connectivity index (χ4n) is 1.64. The summed E-state index contributed by atoms with van der Waals surface area (Å²) in [6.45, 7) is 2.31. The van der Waals surface area contributed by atoms with Gasteiger partial charge in [0.25, 0.3) is 6.47 Å². The van der Waals surface area contributed by atoms with Crippen molar-refractivity contribution in [3.8, 4) is 0 Å². The zero-order chi connectivity index (χ0) is 12.9. The summed E-state index contributed by atoms with van der Waals surface area (Å²) in [5.41, 5.74) is 0. The van der Waals surface area contributed by atoms with Crippen LogP contribution in [0.4, 0.5) is 0 Å². The van der Waals surface area contributed by atoms with E-state index in [1.54, 1.807) is 0 Å². The number of carbonyl (C=O) groups excluding carboxylic acids is 3.